The van der Waals surface area contributed by atoms with Crippen LogP contribution in [0, 0.1) is 6.92 Å². The largest absolute Gasteiger partial charge is 0.573 e. The SMILES string of the molecule is CNCc1cn(S(=O)(=O)c2cccc(C(F)(F)F)c2)c2cc(Nc3ccc(OC(F)(F)F)cc3C)ccc12.Cl. The van der Waals surface area contributed by atoms with E-state index in [1.807, 2.05) is 0 Å². The molecule has 3 aromatic carbocycles. The monoisotopic (exact) mass is 593 g/mol. The number of hydrogen-bond donors (Lipinski definition) is 2. The Bertz CT molecular complexity index is 1600. The van der Waals surface area contributed by atoms with Crippen LogP contribution in [0.2, 0.25) is 0 Å². The van der Waals surface area contributed by atoms with Crippen molar-refractivity contribution in [1.29, 1.82) is 0 Å². The lowest BCUT2D eigenvalue weighted by molar-refractivity contribution is -0.274. The molecule has 6 nitrogen and oxygen atoms in total. The van der Waals surface area contributed by atoms with Crippen molar-refractivity contribution in [2.75, 3.05) is 12.4 Å². The number of fused-ring (bicyclic) bond motifs is 1. The van der Waals surface area contributed by atoms with E-state index in [1.54, 1.807) is 26.1 Å². The second-order valence-corrected chi connectivity index (χ2v) is 10.2. The van der Waals surface area contributed by atoms with E-state index in [0.717, 1.165) is 28.2 Å². The van der Waals surface area contributed by atoms with Crippen LogP contribution in [0.3, 0.4) is 0 Å². The summed E-state index contributed by atoms with van der Waals surface area (Å²) in [4.78, 5) is -0.533. The van der Waals surface area contributed by atoms with Gasteiger partial charge < -0.3 is 15.4 Å². The van der Waals surface area contributed by atoms with Gasteiger partial charge in [0.15, 0.2) is 0 Å². The molecule has 0 bridgehead atoms. The summed E-state index contributed by atoms with van der Waals surface area (Å²) >= 11 is 0. The van der Waals surface area contributed by atoms with Crippen LogP contribution in [-0.4, -0.2) is 25.8 Å². The smallest absolute Gasteiger partial charge is 0.406 e. The van der Waals surface area contributed by atoms with Crippen molar-refractivity contribution in [3.8, 4) is 5.75 Å². The number of halogens is 7. The van der Waals surface area contributed by atoms with Gasteiger partial charge in [-0.25, -0.2) is 12.4 Å². The molecule has 0 aliphatic carbocycles. The third kappa shape index (κ3) is 6.60. The molecule has 4 rings (SSSR count). The Balaban J connectivity index is 0.00000420. The maximum atomic E-state index is 13.5. The Labute approximate surface area is 226 Å². The third-order valence-corrected chi connectivity index (χ3v) is 7.32. The fraction of sp³-hybridized carbons (Fsp3) is 0.200. The highest BCUT2D eigenvalue weighted by Crippen LogP contribution is 2.34. The molecule has 0 amide bonds. The van der Waals surface area contributed by atoms with Crippen LogP contribution in [0.25, 0.3) is 10.9 Å². The lowest BCUT2D eigenvalue weighted by Gasteiger charge is -2.14. The Kier molecular flexibility index (Phi) is 8.49. The predicted octanol–water partition coefficient (Wildman–Crippen LogP) is 6.99. The maximum absolute atomic E-state index is 13.5. The molecule has 0 fully saturated rings. The van der Waals surface area contributed by atoms with Crippen molar-refractivity contribution in [3.63, 3.8) is 0 Å². The summed E-state index contributed by atoms with van der Waals surface area (Å²) < 4.78 is 109. The van der Waals surface area contributed by atoms with E-state index in [0.29, 0.717) is 34.0 Å². The summed E-state index contributed by atoms with van der Waals surface area (Å²) in [5.74, 6) is -0.395. The number of rotatable bonds is 7. The van der Waals surface area contributed by atoms with Crippen molar-refractivity contribution in [3.05, 3.63) is 83.6 Å². The van der Waals surface area contributed by atoms with Gasteiger partial charge in [0, 0.05) is 29.5 Å². The molecule has 0 radical (unpaired) electrons. The van der Waals surface area contributed by atoms with Gasteiger partial charge in [0.1, 0.15) is 5.75 Å². The van der Waals surface area contributed by atoms with Gasteiger partial charge in [0.25, 0.3) is 10.0 Å². The molecule has 1 heterocycles. The quantitative estimate of drug-likeness (QED) is 0.226. The van der Waals surface area contributed by atoms with Crippen molar-refractivity contribution in [1.82, 2.24) is 9.29 Å². The van der Waals surface area contributed by atoms with Crippen LogP contribution in [0.4, 0.5) is 37.7 Å². The lowest BCUT2D eigenvalue weighted by Crippen LogP contribution is -2.17. The molecule has 0 saturated heterocycles. The Morgan fingerprint density at radius 2 is 1.67 bits per heavy atom. The zero-order valence-corrected chi connectivity index (χ0v) is 21.9. The number of aryl methyl sites for hydroxylation is 1. The molecular formula is C25H22ClF6N3O3S. The summed E-state index contributed by atoms with van der Waals surface area (Å²) in [6.07, 6.45) is -8.22. The van der Waals surface area contributed by atoms with E-state index in [1.165, 1.54) is 24.4 Å². The first-order valence-corrected chi connectivity index (χ1v) is 12.5. The second-order valence-electron chi connectivity index (χ2n) is 8.39. The van der Waals surface area contributed by atoms with Gasteiger partial charge in [-0.15, -0.1) is 25.6 Å². The van der Waals surface area contributed by atoms with E-state index in [4.69, 9.17) is 0 Å². The Hall–Kier alpha value is -3.42. The number of benzene rings is 3. The molecule has 0 spiro atoms. The van der Waals surface area contributed by atoms with Crippen LogP contribution < -0.4 is 15.4 Å². The van der Waals surface area contributed by atoms with Crippen molar-refractivity contribution >= 4 is 44.7 Å². The van der Waals surface area contributed by atoms with Gasteiger partial charge in [-0.1, -0.05) is 12.1 Å². The lowest BCUT2D eigenvalue weighted by atomic mass is 10.1. The van der Waals surface area contributed by atoms with E-state index >= 15 is 0 Å². The van der Waals surface area contributed by atoms with E-state index in [9.17, 15) is 34.8 Å². The molecule has 0 aliphatic rings. The summed E-state index contributed by atoms with van der Waals surface area (Å²) in [6, 6.07) is 12.0. The van der Waals surface area contributed by atoms with Crippen molar-refractivity contribution in [2.45, 2.75) is 30.9 Å². The number of nitrogens with one attached hydrogen (secondary N) is 2. The highest BCUT2D eigenvalue weighted by molar-refractivity contribution is 7.90. The zero-order valence-electron chi connectivity index (χ0n) is 20.3. The average molecular weight is 594 g/mol. The van der Waals surface area contributed by atoms with E-state index < -0.39 is 38.8 Å². The molecule has 39 heavy (non-hydrogen) atoms. The Morgan fingerprint density at radius 3 is 2.28 bits per heavy atom. The minimum atomic E-state index is -4.84. The molecular weight excluding hydrogens is 572 g/mol. The highest BCUT2D eigenvalue weighted by atomic mass is 35.5. The minimum Gasteiger partial charge on any atom is -0.406 e. The zero-order chi connectivity index (χ0) is 27.9. The topological polar surface area (TPSA) is 72.4 Å². The summed E-state index contributed by atoms with van der Waals surface area (Å²) in [5.41, 5.74) is 0.964. The Morgan fingerprint density at radius 1 is 0.949 bits per heavy atom. The average Bonchev–Trinajstić information content (AvgIpc) is 3.18. The minimum absolute atomic E-state index is 0. The van der Waals surface area contributed by atoms with Gasteiger partial charge in [-0.05, 0) is 73.6 Å². The molecule has 0 atom stereocenters. The van der Waals surface area contributed by atoms with Gasteiger partial charge in [0.05, 0.1) is 16.0 Å². The van der Waals surface area contributed by atoms with Gasteiger partial charge >= 0.3 is 12.5 Å². The van der Waals surface area contributed by atoms with Crippen LogP contribution in [0.1, 0.15) is 16.7 Å². The number of hydrogen-bond acceptors (Lipinski definition) is 5. The van der Waals surface area contributed by atoms with Gasteiger partial charge in [-0.3, -0.25) is 0 Å². The van der Waals surface area contributed by atoms with Crippen molar-refractivity contribution in [2.24, 2.45) is 0 Å². The van der Waals surface area contributed by atoms with E-state index in [2.05, 4.69) is 15.4 Å². The molecule has 0 saturated carbocycles. The third-order valence-electron chi connectivity index (χ3n) is 5.65. The highest BCUT2D eigenvalue weighted by Gasteiger charge is 2.33. The van der Waals surface area contributed by atoms with Gasteiger partial charge in [-0.2, -0.15) is 13.2 Å². The second kappa shape index (κ2) is 11.0. The molecule has 14 heteroatoms. The fourth-order valence-electron chi connectivity index (χ4n) is 3.95. The molecule has 4 aromatic rings. The molecule has 210 valence electrons. The first kappa shape index (κ1) is 30.1. The standard InChI is InChI=1S/C25H21F6N3O3S.ClH/c1-15-10-19(37-25(29,30)31)7-9-22(15)33-18-6-8-21-16(13-32-2)14-34(23(21)12-18)38(35,36)20-5-3-4-17(11-20)24(26,27)28;/h3-12,14,32-33H,13H2,1-2H3;1H. The number of alkyl halides is 6. The summed E-state index contributed by atoms with van der Waals surface area (Å²) in [7, 11) is -2.77. The van der Waals surface area contributed by atoms with Crippen LogP contribution in [0.15, 0.2) is 71.8 Å². The van der Waals surface area contributed by atoms with Crippen LogP contribution in [-0.2, 0) is 22.7 Å². The molecule has 0 unspecified atom stereocenters. The van der Waals surface area contributed by atoms with Gasteiger partial charge in [0.2, 0.25) is 0 Å². The first-order chi connectivity index (χ1) is 17.7. The number of anilines is 2. The van der Waals surface area contributed by atoms with Crippen molar-refractivity contribution < 1.29 is 39.5 Å². The molecule has 0 aliphatic heterocycles. The number of nitrogens with zero attached hydrogens (tertiary/aromatic N) is 1. The summed E-state index contributed by atoms with van der Waals surface area (Å²) in [6.45, 7) is 1.85. The number of ether oxygens (including phenoxy) is 1. The molecule has 2 N–H and O–H groups in total. The fourth-order valence-corrected chi connectivity index (χ4v) is 5.38. The van der Waals surface area contributed by atoms with Crippen LogP contribution in [0.5, 0.6) is 5.75 Å². The van der Waals surface area contributed by atoms with Crippen LogP contribution >= 0.6 is 12.4 Å². The molecule has 1 aromatic heterocycles. The van der Waals surface area contributed by atoms with E-state index in [-0.39, 0.29) is 24.5 Å². The summed E-state index contributed by atoms with van der Waals surface area (Å²) in [5, 5.41) is 6.51. The first-order valence-electron chi connectivity index (χ1n) is 11.0. The normalized spacial score (nSPS) is 12.3. The maximum Gasteiger partial charge on any atom is 0.573 e. The predicted molar refractivity (Wildman–Crippen MR) is 137 cm³/mol. The number of aromatic nitrogens is 1.